The van der Waals surface area contributed by atoms with E-state index >= 15 is 0 Å². The topological polar surface area (TPSA) is 81.6 Å². The second-order valence-electron chi connectivity index (χ2n) is 8.12. The molecule has 1 fully saturated rings. The molecule has 0 bridgehead atoms. The number of nitrogens with one attached hydrogen (secondary N) is 2. The van der Waals surface area contributed by atoms with Crippen molar-refractivity contribution in [2.24, 2.45) is 5.92 Å². The third kappa shape index (κ3) is 5.60. The maximum atomic E-state index is 14.2. The first-order valence-electron chi connectivity index (χ1n) is 10.8. The molecule has 0 saturated heterocycles. The first-order chi connectivity index (χ1) is 16.0. The predicted molar refractivity (Wildman–Crippen MR) is 124 cm³/mol. The van der Waals surface area contributed by atoms with Crippen molar-refractivity contribution in [3.8, 4) is 17.2 Å². The van der Waals surface area contributed by atoms with E-state index in [0.29, 0.717) is 0 Å². The number of alkyl halides is 2. The number of thioether (sulfide) groups is 1. The lowest BCUT2D eigenvalue weighted by molar-refractivity contribution is -0.133. The lowest BCUT2D eigenvalue weighted by Crippen LogP contribution is -2.41. The second-order valence-corrected chi connectivity index (χ2v) is 9.17. The summed E-state index contributed by atoms with van der Waals surface area (Å²) < 4.78 is 28.4. The van der Waals surface area contributed by atoms with Gasteiger partial charge >= 0.3 is 0 Å². The number of H-pyrrole nitrogens is 1. The third-order valence-corrected chi connectivity index (χ3v) is 6.98. The molecule has 2 aromatic carbocycles. The minimum Gasteiger partial charge on any atom is -0.348 e. The standard InChI is InChI=1S/C25H24F2N4OS/c26-25(27)10-9-21(22(15-25)24(32)31-12-11-28)20-4-2-1-3-19(20)17-5-7-18(8-6-17)33-16-23-29-13-14-30-23/h1-8,13-14,21-22H,9-10,12,15-16H2,(H,29,30)(H,31,32). The van der Waals surface area contributed by atoms with E-state index in [4.69, 9.17) is 5.26 Å². The Labute approximate surface area is 195 Å². The summed E-state index contributed by atoms with van der Waals surface area (Å²) in [5.41, 5.74) is 2.80. The summed E-state index contributed by atoms with van der Waals surface area (Å²) in [6.45, 7) is -0.188. The lowest BCUT2D eigenvalue weighted by atomic mass is 9.72. The van der Waals surface area contributed by atoms with Crippen molar-refractivity contribution in [1.29, 1.82) is 5.26 Å². The van der Waals surface area contributed by atoms with E-state index in [9.17, 15) is 13.6 Å². The number of carbonyl (C=O) groups is 1. The zero-order valence-electron chi connectivity index (χ0n) is 17.9. The molecule has 0 aliphatic heterocycles. The Bertz CT molecular complexity index is 1130. The molecule has 4 rings (SSSR count). The monoisotopic (exact) mass is 466 g/mol. The van der Waals surface area contributed by atoms with Gasteiger partial charge < -0.3 is 10.3 Å². The molecule has 1 aromatic heterocycles. The highest BCUT2D eigenvalue weighted by molar-refractivity contribution is 7.98. The summed E-state index contributed by atoms with van der Waals surface area (Å²) in [4.78, 5) is 21.1. The number of hydrogen-bond donors (Lipinski definition) is 2. The predicted octanol–water partition coefficient (Wildman–Crippen LogP) is 5.53. The fourth-order valence-electron chi connectivity index (χ4n) is 4.38. The van der Waals surface area contributed by atoms with Crippen molar-refractivity contribution in [3.63, 3.8) is 0 Å². The normalized spacial score (nSPS) is 19.5. The molecule has 1 heterocycles. The molecule has 2 atom stereocenters. The second kappa shape index (κ2) is 10.2. The van der Waals surface area contributed by atoms with E-state index < -0.39 is 24.2 Å². The number of halogens is 2. The fraction of sp³-hybridized carbons (Fsp3) is 0.320. The Morgan fingerprint density at radius 1 is 1.24 bits per heavy atom. The average Bonchev–Trinajstić information content (AvgIpc) is 3.35. The van der Waals surface area contributed by atoms with Crippen LogP contribution in [-0.4, -0.2) is 28.3 Å². The van der Waals surface area contributed by atoms with Crippen LogP contribution in [0.1, 0.15) is 36.6 Å². The molecule has 1 aliphatic rings. The molecule has 0 spiro atoms. The van der Waals surface area contributed by atoms with Gasteiger partial charge in [-0.2, -0.15) is 5.26 Å². The van der Waals surface area contributed by atoms with Gasteiger partial charge in [0.05, 0.1) is 17.7 Å². The van der Waals surface area contributed by atoms with Gasteiger partial charge in [-0.15, -0.1) is 11.8 Å². The van der Waals surface area contributed by atoms with E-state index in [1.807, 2.05) is 54.6 Å². The van der Waals surface area contributed by atoms with Crippen molar-refractivity contribution in [3.05, 3.63) is 72.3 Å². The highest BCUT2D eigenvalue weighted by atomic mass is 32.2. The van der Waals surface area contributed by atoms with Gasteiger partial charge in [-0.1, -0.05) is 36.4 Å². The summed E-state index contributed by atoms with van der Waals surface area (Å²) in [6.07, 6.45) is 2.98. The zero-order chi connectivity index (χ0) is 23.3. The molecule has 1 aliphatic carbocycles. The van der Waals surface area contributed by atoms with Crippen LogP contribution in [0.3, 0.4) is 0 Å². The van der Waals surface area contributed by atoms with Gasteiger partial charge in [-0.25, -0.2) is 13.8 Å². The molecule has 1 amide bonds. The molecule has 0 radical (unpaired) electrons. The molecule has 33 heavy (non-hydrogen) atoms. The highest BCUT2D eigenvalue weighted by Crippen LogP contribution is 2.47. The van der Waals surface area contributed by atoms with Gasteiger partial charge in [0.15, 0.2) is 0 Å². The first kappa shape index (κ1) is 23.0. The number of aromatic nitrogens is 2. The maximum Gasteiger partial charge on any atom is 0.249 e. The van der Waals surface area contributed by atoms with E-state index in [1.54, 1.807) is 24.2 Å². The Kier molecular flexibility index (Phi) is 7.09. The van der Waals surface area contributed by atoms with Crippen LogP contribution in [0.15, 0.2) is 65.8 Å². The molecule has 1 saturated carbocycles. The Morgan fingerprint density at radius 3 is 2.76 bits per heavy atom. The van der Waals surface area contributed by atoms with Crippen molar-refractivity contribution in [1.82, 2.24) is 15.3 Å². The van der Waals surface area contributed by atoms with Crippen molar-refractivity contribution in [2.45, 2.75) is 41.8 Å². The number of nitriles is 1. The Hall–Kier alpha value is -3.18. The van der Waals surface area contributed by atoms with Crippen molar-refractivity contribution in [2.75, 3.05) is 6.54 Å². The van der Waals surface area contributed by atoms with Crippen LogP contribution >= 0.6 is 11.8 Å². The number of benzene rings is 2. The number of nitrogens with zero attached hydrogens (tertiary/aromatic N) is 2. The minimum absolute atomic E-state index is 0.188. The molecule has 3 aromatic rings. The van der Waals surface area contributed by atoms with E-state index in [-0.39, 0.29) is 25.3 Å². The van der Waals surface area contributed by atoms with Gasteiger partial charge in [0.1, 0.15) is 12.4 Å². The summed E-state index contributed by atoms with van der Waals surface area (Å²) >= 11 is 1.67. The molecule has 170 valence electrons. The summed E-state index contributed by atoms with van der Waals surface area (Å²) in [7, 11) is 0. The molecular weight excluding hydrogens is 442 g/mol. The number of rotatable bonds is 7. The van der Waals surface area contributed by atoms with Gasteiger partial charge in [-0.05, 0) is 41.2 Å². The Morgan fingerprint density at radius 2 is 2.03 bits per heavy atom. The van der Waals surface area contributed by atoms with Gasteiger partial charge in [0, 0.05) is 30.1 Å². The molecule has 2 unspecified atom stereocenters. The summed E-state index contributed by atoms with van der Waals surface area (Å²) in [6, 6.07) is 17.6. The van der Waals surface area contributed by atoms with Gasteiger partial charge in [0.25, 0.3) is 0 Å². The van der Waals surface area contributed by atoms with E-state index in [2.05, 4.69) is 15.3 Å². The lowest BCUT2D eigenvalue weighted by Gasteiger charge is -2.36. The fourth-order valence-corrected chi connectivity index (χ4v) is 5.17. The van der Waals surface area contributed by atoms with Crippen LogP contribution in [0.5, 0.6) is 0 Å². The zero-order valence-corrected chi connectivity index (χ0v) is 18.7. The number of aromatic amines is 1. The Balaban J connectivity index is 1.58. The van der Waals surface area contributed by atoms with Crippen LogP contribution in [0.4, 0.5) is 8.78 Å². The first-order valence-corrected chi connectivity index (χ1v) is 11.8. The van der Waals surface area contributed by atoms with Crippen LogP contribution in [-0.2, 0) is 10.5 Å². The number of carbonyl (C=O) groups excluding carboxylic acids is 1. The van der Waals surface area contributed by atoms with Crippen LogP contribution in [0, 0.1) is 17.2 Å². The van der Waals surface area contributed by atoms with Crippen LogP contribution in [0.2, 0.25) is 0 Å². The van der Waals surface area contributed by atoms with E-state index in [0.717, 1.165) is 33.2 Å². The SMILES string of the molecule is N#CCNC(=O)C1CC(F)(F)CCC1c1ccccc1-c1ccc(SCc2ncc[nH]2)cc1. The van der Waals surface area contributed by atoms with Crippen LogP contribution in [0.25, 0.3) is 11.1 Å². The summed E-state index contributed by atoms with van der Waals surface area (Å²) in [5.74, 6) is -2.95. The van der Waals surface area contributed by atoms with Crippen molar-refractivity contribution < 1.29 is 13.6 Å². The minimum atomic E-state index is -2.88. The molecule has 8 heteroatoms. The summed E-state index contributed by atoms with van der Waals surface area (Å²) in [5, 5.41) is 11.3. The maximum absolute atomic E-state index is 14.2. The van der Waals surface area contributed by atoms with E-state index in [1.165, 1.54) is 0 Å². The molecular formula is C25H24F2N4OS. The van der Waals surface area contributed by atoms with Crippen LogP contribution < -0.4 is 5.32 Å². The number of imidazole rings is 1. The average molecular weight is 467 g/mol. The van der Waals surface area contributed by atoms with Crippen molar-refractivity contribution >= 4 is 17.7 Å². The molecule has 2 N–H and O–H groups in total. The van der Waals surface area contributed by atoms with Gasteiger partial charge in [0.2, 0.25) is 11.8 Å². The highest BCUT2D eigenvalue weighted by Gasteiger charge is 2.45. The smallest absolute Gasteiger partial charge is 0.249 e. The number of amides is 1. The third-order valence-electron chi connectivity index (χ3n) is 5.96. The number of hydrogen-bond acceptors (Lipinski definition) is 4. The van der Waals surface area contributed by atoms with Gasteiger partial charge in [-0.3, -0.25) is 4.79 Å². The molecule has 5 nitrogen and oxygen atoms in total. The quantitative estimate of drug-likeness (QED) is 0.354. The largest absolute Gasteiger partial charge is 0.348 e.